The first kappa shape index (κ1) is 18.9. The lowest BCUT2D eigenvalue weighted by Gasteiger charge is -2.17. The van der Waals surface area contributed by atoms with Crippen molar-refractivity contribution in [3.63, 3.8) is 0 Å². The van der Waals surface area contributed by atoms with Crippen LogP contribution in [0, 0.1) is 0 Å². The second-order valence-corrected chi connectivity index (χ2v) is 3.97. The van der Waals surface area contributed by atoms with Gasteiger partial charge in [0.15, 0.2) is 6.79 Å². The van der Waals surface area contributed by atoms with E-state index in [2.05, 4.69) is 13.2 Å². The molecule has 0 fully saturated rings. The number of rotatable bonds is 14. The van der Waals surface area contributed by atoms with Crippen molar-refractivity contribution in [1.82, 2.24) is 0 Å². The summed E-state index contributed by atoms with van der Waals surface area (Å²) < 4.78 is 19.6. The zero-order valence-corrected chi connectivity index (χ0v) is 11.5. The van der Waals surface area contributed by atoms with E-state index < -0.39 is 18.3 Å². The van der Waals surface area contributed by atoms with Crippen LogP contribution in [0.25, 0.3) is 0 Å². The van der Waals surface area contributed by atoms with E-state index in [4.69, 9.17) is 18.9 Å². The third-order valence-electron chi connectivity index (χ3n) is 2.28. The third-order valence-corrected chi connectivity index (χ3v) is 2.28. The monoisotopic (exact) mass is 292 g/mol. The van der Waals surface area contributed by atoms with Crippen molar-refractivity contribution >= 4 is 0 Å². The average Bonchev–Trinajstić information content (AvgIpc) is 2.45. The molecule has 0 aromatic rings. The second-order valence-electron chi connectivity index (χ2n) is 3.97. The van der Waals surface area contributed by atoms with Crippen LogP contribution >= 0.6 is 0 Å². The molecule has 0 rings (SSSR count). The summed E-state index contributed by atoms with van der Waals surface area (Å²) in [6, 6.07) is 0. The van der Waals surface area contributed by atoms with E-state index in [-0.39, 0.29) is 39.6 Å². The standard InChI is InChI=1S/C13H24O7/c1-3-17-9-13(16)12(15)5-6-19-7-11(14)8-20-10-18-4-2/h3-4,11-16H,1-2,5-10H2. The molecule has 118 valence electrons. The zero-order valence-electron chi connectivity index (χ0n) is 11.5. The molecule has 0 bridgehead atoms. The Kier molecular flexibility index (Phi) is 12.2. The Morgan fingerprint density at radius 1 is 0.850 bits per heavy atom. The average molecular weight is 292 g/mol. The minimum atomic E-state index is -0.999. The Balaban J connectivity index is 3.49. The molecule has 0 aromatic carbocycles. The predicted molar refractivity (Wildman–Crippen MR) is 71.7 cm³/mol. The first-order valence-corrected chi connectivity index (χ1v) is 6.26. The fourth-order valence-electron chi connectivity index (χ4n) is 1.22. The van der Waals surface area contributed by atoms with Gasteiger partial charge >= 0.3 is 0 Å². The van der Waals surface area contributed by atoms with Crippen LogP contribution in [0.3, 0.4) is 0 Å². The Labute approximate surface area is 119 Å². The lowest BCUT2D eigenvalue weighted by Crippen LogP contribution is -2.31. The van der Waals surface area contributed by atoms with Gasteiger partial charge in [0.25, 0.3) is 0 Å². The van der Waals surface area contributed by atoms with Crippen LogP contribution in [0.2, 0.25) is 0 Å². The lowest BCUT2D eigenvalue weighted by atomic mass is 10.1. The maximum atomic E-state index is 9.55. The van der Waals surface area contributed by atoms with E-state index in [1.54, 1.807) is 0 Å². The molecule has 3 N–H and O–H groups in total. The molecule has 0 aromatic heterocycles. The van der Waals surface area contributed by atoms with Gasteiger partial charge in [0.1, 0.15) is 18.8 Å². The molecule has 0 amide bonds. The SMILES string of the molecule is C=COCOCC(O)COCCC(O)C(O)COC=C. The highest BCUT2D eigenvalue weighted by Gasteiger charge is 2.16. The molecule has 3 unspecified atom stereocenters. The van der Waals surface area contributed by atoms with Gasteiger partial charge in [0.05, 0.1) is 31.8 Å². The number of aliphatic hydroxyl groups excluding tert-OH is 3. The molecule has 0 heterocycles. The van der Waals surface area contributed by atoms with Gasteiger partial charge in [-0.05, 0) is 6.42 Å². The van der Waals surface area contributed by atoms with Gasteiger partial charge in [-0.15, -0.1) is 0 Å². The van der Waals surface area contributed by atoms with E-state index in [0.29, 0.717) is 0 Å². The first-order chi connectivity index (χ1) is 9.61. The van der Waals surface area contributed by atoms with Gasteiger partial charge in [-0.3, -0.25) is 0 Å². The third kappa shape index (κ3) is 10.8. The summed E-state index contributed by atoms with van der Waals surface area (Å²) in [5.74, 6) is 0. The van der Waals surface area contributed by atoms with Gasteiger partial charge < -0.3 is 34.3 Å². The van der Waals surface area contributed by atoms with Crippen LogP contribution < -0.4 is 0 Å². The van der Waals surface area contributed by atoms with Gasteiger partial charge in [-0.1, -0.05) is 13.2 Å². The molecule has 0 saturated heterocycles. The van der Waals surface area contributed by atoms with Crippen LogP contribution in [0.4, 0.5) is 0 Å². The van der Waals surface area contributed by atoms with E-state index in [1.807, 2.05) is 0 Å². The Morgan fingerprint density at radius 2 is 1.50 bits per heavy atom. The fraction of sp³-hybridized carbons (Fsp3) is 0.692. The van der Waals surface area contributed by atoms with Crippen molar-refractivity contribution in [3.05, 3.63) is 25.7 Å². The predicted octanol–water partition coefficient (Wildman–Crippen LogP) is -0.230. The molecule has 7 nitrogen and oxygen atoms in total. The summed E-state index contributed by atoms with van der Waals surface area (Å²) in [5, 5.41) is 28.5. The molecule has 0 aliphatic heterocycles. The fourth-order valence-corrected chi connectivity index (χ4v) is 1.22. The van der Waals surface area contributed by atoms with Gasteiger partial charge in [-0.25, -0.2) is 0 Å². The summed E-state index contributed by atoms with van der Waals surface area (Å²) in [7, 11) is 0. The van der Waals surface area contributed by atoms with Crippen LogP contribution in [-0.2, 0) is 18.9 Å². The summed E-state index contributed by atoms with van der Waals surface area (Å²) >= 11 is 0. The molecule has 0 aliphatic rings. The maximum absolute atomic E-state index is 9.55. The van der Waals surface area contributed by atoms with Crippen molar-refractivity contribution in [2.75, 3.05) is 33.2 Å². The molecular formula is C13H24O7. The smallest absolute Gasteiger partial charge is 0.188 e. The van der Waals surface area contributed by atoms with Crippen LogP contribution in [0.15, 0.2) is 25.7 Å². The molecular weight excluding hydrogens is 268 g/mol. The molecule has 20 heavy (non-hydrogen) atoms. The van der Waals surface area contributed by atoms with Crippen LogP contribution in [0.1, 0.15) is 6.42 Å². The molecule has 7 heteroatoms. The Hall–Kier alpha value is -1.12. The Morgan fingerprint density at radius 3 is 2.15 bits per heavy atom. The van der Waals surface area contributed by atoms with Crippen molar-refractivity contribution < 1.29 is 34.3 Å². The molecule has 0 aliphatic carbocycles. The van der Waals surface area contributed by atoms with E-state index in [0.717, 1.165) is 0 Å². The van der Waals surface area contributed by atoms with Crippen molar-refractivity contribution in [1.29, 1.82) is 0 Å². The van der Waals surface area contributed by atoms with E-state index in [9.17, 15) is 15.3 Å². The normalized spacial score (nSPS) is 15.2. The van der Waals surface area contributed by atoms with Crippen molar-refractivity contribution in [2.24, 2.45) is 0 Å². The van der Waals surface area contributed by atoms with Crippen molar-refractivity contribution in [2.45, 2.75) is 24.7 Å². The molecule has 0 spiro atoms. The number of hydrogen-bond acceptors (Lipinski definition) is 7. The number of aliphatic hydroxyl groups is 3. The molecule has 0 radical (unpaired) electrons. The summed E-state index contributed by atoms with van der Waals surface area (Å²) in [6.07, 6.45) is -0.0702. The van der Waals surface area contributed by atoms with Crippen LogP contribution in [-0.4, -0.2) is 66.9 Å². The first-order valence-electron chi connectivity index (χ1n) is 6.26. The topological polar surface area (TPSA) is 97.6 Å². The highest BCUT2D eigenvalue weighted by atomic mass is 16.7. The number of hydrogen-bond donors (Lipinski definition) is 3. The van der Waals surface area contributed by atoms with Gasteiger partial charge in [0, 0.05) is 6.61 Å². The van der Waals surface area contributed by atoms with E-state index in [1.165, 1.54) is 12.5 Å². The summed E-state index contributed by atoms with van der Waals surface area (Å²) in [5.41, 5.74) is 0. The maximum Gasteiger partial charge on any atom is 0.188 e. The van der Waals surface area contributed by atoms with E-state index >= 15 is 0 Å². The highest BCUT2D eigenvalue weighted by molar-refractivity contribution is 4.67. The van der Waals surface area contributed by atoms with Crippen LogP contribution in [0.5, 0.6) is 0 Å². The lowest BCUT2D eigenvalue weighted by molar-refractivity contribution is -0.0740. The minimum absolute atomic E-state index is 0.0226. The highest BCUT2D eigenvalue weighted by Crippen LogP contribution is 2.01. The van der Waals surface area contributed by atoms with Crippen molar-refractivity contribution in [3.8, 4) is 0 Å². The largest absolute Gasteiger partial charge is 0.499 e. The van der Waals surface area contributed by atoms with Gasteiger partial charge in [0.2, 0.25) is 0 Å². The zero-order chi connectivity index (χ0) is 15.2. The quantitative estimate of drug-likeness (QED) is 0.231. The summed E-state index contributed by atoms with van der Waals surface area (Å²) in [4.78, 5) is 0. The Bertz CT molecular complexity index is 247. The molecule has 3 atom stereocenters. The van der Waals surface area contributed by atoms with Gasteiger partial charge in [-0.2, -0.15) is 0 Å². The molecule has 0 saturated carbocycles. The summed E-state index contributed by atoms with van der Waals surface area (Å²) in [6.45, 7) is 7.01. The number of ether oxygens (including phenoxy) is 4. The minimum Gasteiger partial charge on any atom is -0.499 e. The second kappa shape index (κ2) is 12.9.